The fourth-order valence-corrected chi connectivity index (χ4v) is 4.11. The number of hydrogen-bond acceptors (Lipinski definition) is 3. The molecule has 0 saturated heterocycles. The normalized spacial score (nSPS) is 11.6. The minimum atomic E-state index is 0.725. The van der Waals surface area contributed by atoms with Gasteiger partial charge in [0.15, 0.2) is 0 Å². The molecule has 3 nitrogen and oxygen atoms in total. The second kappa shape index (κ2) is 9.14. The van der Waals surface area contributed by atoms with E-state index in [1.807, 2.05) is 36.4 Å². The maximum Gasteiger partial charge on any atom is 0.120 e. The highest BCUT2D eigenvalue weighted by Crippen LogP contribution is 2.27. The third kappa shape index (κ3) is 4.74. The number of benzene rings is 2. The minimum absolute atomic E-state index is 0.725. The van der Waals surface area contributed by atoms with Crippen molar-refractivity contribution in [3.8, 4) is 0 Å². The summed E-state index contributed by atoms with van der Waals surface area (Å²) < 4.78 is 2.33. The van der Waals surface area contributed by atoms with Gasteiger partial charge in [0.2, 0.25) is 0 Å². The average Bonchev–Trinajstić information content (AvgIpc) is 2.98. The second-order valence-electron chi connectivity index (χ2n) is 6.08. The van der Waals surface area contributed by atoms with Crippen LogP contribution in [-0.4, -0.2) is 34.1 Å². The van der Waals surface area contributed by atoms with Crippen molar-refractivity contribution in [1.82, 2.24) is 14.5 Å². The van der Waals surface area contributed by atoms with Gasteiger partial charge in [-0.3, -0.25) is 0 Å². The van der Waals surface area contributed by atoms with E-state index in [1.54, 1.807) is 11.8 Å². The summed E-state index contributed by atoms with van der Waals surface area (Å²) in [6, 6.07) is 13.9. The highest BCUT2D eigenvalue weighted by atomic mass is 35.5. The summed E-state index contributed by atoms with van der Waals surface area (Å²) in [5, 5.41) is 1.48. The van der Waals surface area contributed by atoms with Gasteiger partial charge in [-0.25, -0.2) is 4.98 Å². The van der Waals surface area contributed by atoms with Crippen LogP contribution in [0.25, 0.3) is 11.0 Å². The van der Waals surface area contributed by atoms with Gasteiger partial charge >= 0.3 is 0 Å². The van der Waals surface area contributed by atoms with Gasteiger partial charge in [-0.2, -0.15) is 0 Å². The lowest BCUT2D eigenvalue weighted by Gasteiger charge is -2.19. The van der Waals surface area contributed by atoms with Crippen LogP contribution in [0.2, 0.25) is 10.0 Å². The Morgan fingerprint density at radius 3 is 2.38 bits per heavy atom. The van der Waals surface area contributed by atoms with Gasteiger partial charge in [0.05, 0.1) is 16.8 Å². The van der Waals surface area contributed by atoms with Crippen LogP contribution in [0.15, 0.2) is 47.4 Å². The third-order valence-corrected chi connectivity index (χ3v) is 6.00. The van der Waals surface area contributed by atoms with Gasteiger partial charge in [-0.05, 0) is 55.6 Å². The maximum absolute atomic E-state index is 6.17. The monoisotopic (exact) mass is 407 g/mol. The molecular formula is C20H23Cl2N3S. The summed E-state index contributed by atoms with van der Waals surface area (Å²) in [7, 11) is 0. The molecule has 2 aromatic carbocycles. The molecule has 0 radical (unpaired) electrons. The van der Waals surface area contributed by atoms with Crippen molar-refractivity contribution in [2.24, 2.45) is 0 Å². The first-order chi connectivity index (χ1) is 12.6. The van der Waals surface area contributed by atoms with Crippen LogP contribution in [-0.2, 0) is 12.3 Å². The molecule has 26 heavy (non-hydrogen) atoms. The Labute approximate surface area is 169 Å². The minimum Gasteiger partial charge on any atom is -0.326 e. The Balaban J connectivity index is 1.84. The molecule has 0 saturated carbocycles. The molecule has 3 rings (SSSR count). The molecule has 0 aliphatic rings. The lowest BCUT2D eigenvalue weighted by atomic mass is 10.3. The molecule has 0 spiro atoms. The molecule has 0 atom stereocenters. The van der Waals surface area contributed by atoms with Crippen LogP contribution in [0, 0.1) is 0 Å². The second-order valence-corrected chi connectivity index (χ2v) is 8.00. The predicted molar refractivity (Wildman–Crippen MR) is 114 cm³/mol. The lowest BCUT2D eigenvalue weighted by molar-refractivity contribution is 0.291. The smallest absolute Gasteiger partial charge is 0.120 e. The standard InChI is InChI=1S/C20H23Cl2N3S/c1-3-24(4-2)11-12-25-19-10-7-16(22)13-18(19)23-20(25)14-26-17-8-5-15(21)6-9-17/h5-10,13H,3-4,11-12,14H2,1-2H3. The molecule has 0 unspecified atom stereocenters. The summed E-state index contributed by atoms with van der Waals surface area (Å²) in [6.45, 7) is 8.46. The molecule has 0 aliphatic heterocycles. The van der Waals surface area contributed by atoms with Crippen LogP contribution >= 0.6 is 35.0 Å². The summed E-state index contributed by atoms with van der Waals surface area (Å²) in [4.78, 5) is 8.47. The highest BCUT2D eigenvalue weighted by Gasteiger charge is 2.12. The number of halogens is 2. The topological polar surface area (TPSA) is 21.1 Å². The van der Waals surface area contributed by atoms with Crippen LogP contribution in [0.1, 0.15) is 19.7 Å². The van der Waals surface area contributed by atoms with Gasteiger partial charge in [-0.15, -0.1) is 11.8 Å². The maximum atomic E-state index is 6.17. The fourth-order valence-electron chi connectivity index (χ4n) is 2.97. The SMILES string of the molecule is CCN(CC)CCn1c(CSc2ccc(Cl)cc2)nc2cc(Cl)ccc21. The molecule has 138 valence electrons. The van der Waals surface area contributed by atoms with E-state index in [0.717, 1.165) is 58.8 Å². The first-order valence-corrected chi connectivity index (χ1v) is 10.6. The van der Waals surface area contributed by atoms with Crippen LogP contribution in [0.5, 0.6) is 0 Å². The first-order valence-electron chi connectivity index (χ1n) is 8.86. The van der Waals surface area contributed by atoms with E-state index in [2.05, 4.69) is 29.4 Å². The van der Waals surface area contributed by atoms with Crippen molar-refractivity contribution in [2.75, 3.05) is 19.6 Å². The molecule has 6 heteroatoms. The molecule has 1 heterocycles. The van der Waals surface area contributed by atoms with Crippen LogP contribution in [0.3, 0.4) is 0 Å². The Kier molecular flexibility index (Phi) is 6.87. The number of hydrogen-bond donors (Lipinski definition) is 0. The molecule has 0 bridgehead atoms. The summed E-state index contributed by atoms with van der Waals surface area (Å²) in [5.41, 5.74) is 2.11. The van der Waals surface area contributed by atoms with E-state index < -0.39 is 0 Å². The predicted octanol–water partition coefficient (Wildman–Crippen LogP) is 5.98. The fraction of sp³-hybridized carbons (Fsp3) is 0.350. The zero-order valence-electron chi connectivity index (χ0n) is 15.1. The van der Waals surface area contributed by atoms with E-state index in [4.69, 9.17) is 28.2 Å². The summed E-state index contributed by atoms with van der Waals surface area (Å²) in [5.74, 6) is 1.89. The van der Waals surface area contributed by atoms with Crippen molar-refractivity contribution in [3.05, 3.63) is 58.3 Å². The Morgan fingerprint density at radius 1 is 1.00 bits per heavy atom. The third-order valence-electron chi connectivity index (χ3n) is 4.51. The van der Waals surface area contributed by atoms with Crippen molar-refractivity contribution in [2.45, 2.75) is 31.0 Å². The number of nitrogens with zero attached hydrogens (tertiary/aromatic N) is 3. The number of fused-ring (bicyclic) bond motifs is 1. The van der Waals surface area contributed by atoms with E-state index >= 15 is 0 Å². The molecule has 3 aromatic rings. The van der Waals surface area contributed by atoms with Gasteiger partial charge in [0, 0.05) is 28.0 Å². The summed E-state index contributed by atoms with van der Waals surface area (Å²) >= 11 is 13.9. The number of thioether (sulfide) groups is 1. The van der Waals surface area contributed by atoms with Gasteiger partial charge in [-0.1, -0.05) is 37.0 Å². The van der Waals surface area contributed by atoms with Gasteiger partial charge in [0.25, 0.3) is 0 Å². The Hall–Kier alpha value is -1.20. The van der Waals surface area contributed by atoms with Crippen molar-refractivity contribution < 1.29 is 0 Å². The largest absolute Gasteiger partial charge is 0.326 e. The molecule has 0 fully saturated rings. The summed E-state index contributed by atoms with van der Waals surface area (Å²) in [6.07, 6.45) is 0. The van der Waals surface area contributed by atoms with Crippen molar-refractivity contribution >= 4 is 46.0 Å². The molecule has 0 aliphatic carbocycles. The highest BCUT2D eigenvalue weighted by molar-refractivity contribution is 7.98. The van der Waals surface area contributed by atoms with Crippen LogP contribution < -0.4 is 0 Å². The molecular weight excluding hydrogens is 385 g/mol. The van der Waals surface area contributed by atoms with E-state index in [9.17, 15) is 0 Å². The molecule has 0 N–H and O–H groups in total. The Morgan fingerprint density at radius 2 is 1.69 bits per heavy atom. The van der Waals surface area contributed by atoms with Gasteiger partial charge in [0.1, 0.15) is 5.82 Å². The number of aromatic nitrogens is 2. The van der Waals surface area contributed by atoms with E-state index in [0.29, 0.717) is 0 Å². The first kappa shape index (κ1) is 19.6. The average molecular weight is 408 g/mol. The Bertz CT molecular complexity index is 857. The van der Waals surface area contributed by atoms with Crippen LogP contribution in [0.4, 0.5) is 0 Å². The zero-order chi connectivity index (χ0) is 18.5. The molecule has 1 aromatic heterocycles. The van der Waals surface area contributed by atoms with Crippen molar-refractivity contribution in [1.29, 1.82) is 0 Å². The number of imidazole rings is 1. The van der Waals surface area contributed by atoms with Crippen molar-refractivity contribution in [3.63, 3.8) is 0 Å². The zero-order valence-corrected chi connectivity index (χ0v) is 17.4. The van der Waals surface area contributed by atoms with E-state index in [-0.39, 0.29) is 0 Å². The van der Waals surface area contributed by atoms with E-state index in [1.165, 1.54) is 4.90 Å². The molecule has 0 amide bonds. The quantitative estimate of drug-likeness (QED) is 0.428. The van der Waals surface area contributed by atoms with Gasteiger partial charge < -0.3 is 9.47 Å². The number of rotatable bonds is 8. The number of likely N-dealkylation sites (N-methyl/N-ethyl adjacent to an activating group) is 1. The lowest BCUT2D eigenvalue weighted by Crippen LogP contribution is -2.27.